The van der Waals surface area contributed by atoms with Crippen LogP contribution in [0, 0.1) is 6.92 Å². The van der Waals surface area contributed by atoms with Crippen molar-refractivity contribution in [2.75, 3.05) is 29.9 Å². The summed E-state index contributed by atoms with van der Waals surface area (Å²) in [6.45, 7) is 4.52. The van der Waals surface area contributed by atoms with E-state index in [-0.39, 0.29) is 6.03 Å². The molecule has 1 aromatic heterocycles. The molecule has 0 spiro atoms. The number of amides is 2. The van der Waals surface area contributed by atoms with Crippen LogP contribution >= 0.6 is 11.3 Å². The van der Waals surface area contributed by atoms with Gasteiger partial charge in [0.2, 0.25) is 5.13 Å². The van der Waals surface area contributed by atoms with Crippen LogP contribution in [0.2, 0.25) is 0 Å². The number of rotatable bonds is 5. The molecule has 3 rings (SSSR count). The molecule has 1 aliphatic rings. The van der Waals surface area contributed by atoms with E-state index in [4.69, 9.17) is 0 Å². The molecular formula is C15H19N5OS. The number of benzene rings is 1. The van der Waals surface area contributed by atoms with Crippen molar-refractivity contribution < 1.29 is 4.79 Å². The fraction of sp³-hybridized carbons (Fsp3) is 0.400. The summed E-state index contributed by atoms with van der Waals surface area (Å²) in [7, 11) is 0. The van der Waals surface area contributed by atoms with Gasteiger partial charge in [0.1, 0.15) is 5.01 Å². The smallest absolute Gasteiger partial charge is 0.321 e. The van der Waals surface area contributed by atoms with Crippen molar-refractivity contribution in [3.05, 3.63) is 34.8 Å². The Morgan fingerprint density at radius 3 is 3.05 bits per heavy atom. The summed E-state index contributed by atoms with van der Waals surface area (Å²) in [4.78, 5) is 14.1. The average molecular weight is 317 g/mol. The number of nitrogens with zero attached hydrogens (tertiary/aromatic N) is 3. The summed E-state index contributed by atoms with van der Waals surface area (Å²) >= 11 is 1.37. The molecule has 0 unspecified atom stereocenters. The molecule has 0 fully saturated rings. The minimum absolute atomic E-state index is 0.224. The first-order chi connectivity index (χ1) is 10.7. The lowest BCUT2D eigenvalue weighted by Crippen LogP contribution is -2.32. The number of urea groups is 1. The van der Waals surface area contributed by atoms with Crippen LogP contribution in [0.25, 0.3) is 0 Å². The van der Waals surface area contributed by atoms with Crippen LogP contribution in [0.4, 0.5) is 15.6 Å². The van der Waals surface area contributed by atoms with E-state index >= 15 is 0 Å². The Hall–Kier alpha value is -2.15. The van der Waals surface area contributed by atoms with Crippen molar-refractivity contribution in [2.24, 2.45) is 0 Å². The van der Waals surface area contributed by atoms with Crippen molar-refractivity contribution >= 4 is 28.2 Å². The fourth-order valence-corrected chi connectivity index (χ4v) is 3.19. The first-order valence-corrected chi connectivity index (χ1v) is 8.22. The van der Waals surface area contributed by atoms with Gasteiger partial charge in [-0.15, -0.1) is 10.2 Å². The van der Waals surface area contributed by atoms with E-state index in [0.717, 1.165) is 30.9 Å². The summed E-state index contributed by atoms with van der Waals surface area (Å²) in [5, 5.41) is 14.6. The molecule has 2 aromatic rings. The zero-order chi connectivity index (χ0) is 15.4. The molecule has 2 heterocycles. The molecule has 6 nitrogen and oxygen atoms in total. The van der Waals surface area contributed by atoms with Gasteiger partial charge in [-0.05, 0) is 31.4 Å². The maximum Gasteiger partial charge on any atom is 0.321 e. The summed E-state index contributed by atoms with van der Waals surface area (Å²) in [5.41, 5.74) is 2.75. The number of nitrogens with one attached hydrogen (secondary N) is 2. The van der Waals surface area contributed by atoms with Crippen LogP contribution < -0.4 is 15.5 Å². The highest BCUT2D eigenvalue weighted by Crippen LogP contribution is 2.27. The predicted octanol–water partition coefficient (Wildman–Crippen LogP) is 2.42. The topological polar surface area (TPSA) is 70.1 Å². The van der Waals surface area contributed by atoms with E-state index in [1.165, 1.54) is 22.6 Å². The molecule has 0 atom stereocenters. The van der Waals surface area contributed by atoms with Gasteiger partial charge in [0.05, 0.1) is 0 Å². The Morgan fingerprint density at radius 2 is 2.23 bits per heavy atom. The van der Waals surface area contributed by atoms with Crippen LogP contribution in [0.15, 0.2) is 24.3 Å². The summed E-state index contributed by atoms with van der Waals surface area (Å²) in [6.07, 6.45) is 2.03. The number of para-hydroxylation sites is 1. The van der Waals surface area contributed by atoms with Crippen molar-refractivity contribution in [3.8, 4) is 0 Å². The van der Waals surface area contributed by atoms with Crippen LogP contribution in [0.1, 0.15) is 17.0 Å². The highest BCUT2D eigenvalue weighted by atomic mass is 32.1. The number of anilines is 2. The lowest BCUT2D eigenvalue weighted by Gasteiger charge is -2.19. The average Bonchev–Trinajstić information content (AvgIpc) is 3.10. The Balaban J connectivity index is 1.38. The number of hydrogen-bond donors (Lipinski definition) is 2. The van der Waals surface area contributed by atoms with Crippen molar-refractivity contribution in [2.45, 2.75) is 19.8 Å². The molecule has 2 amide bonds. The summed E-state index contributed by atoms with van der Waals surface area (Å²) < 4.78 is 0. The molecular weight excluding hydrogens is 298 g/mol. The summed E-state index contributed by atoms with van der Waals surface area (Å²) in [5.74, 6) is 0. The lowest BCUT2D eigenvalue weighted by molar-refractivity contribution is 0.252. The standard InChI is InChI=1S/C15H19N5OS/c1-11-18-19-15(22-11)17-14(21)16-8-4-9-20-10-7-12-5-2-3-6-13(12)20/h2-3,5-6H,4,7-10H2,1H3,(H2,16,17,19,21). The van der Waals surface area contributed by atoms with Gasteiger partial charge in [-0.3, -0.25) is 5.32 Å². The van der Waals surface area contributed by atoms with Gasteiger partial charge < -0.3 is 10.2 Å². The zero-order valence-electron chi connectivity index (χ0n) is 12.5. The highest BCUT2D eigenvalue weighted by molar-refractivity contribution is 7.15. The zero-order valence-corrected chi connectivity index (χ0v) is 13.3. The Kier molecular flexibility index (Phi) is 4.53. The fourth-order valence-electron chi connectivity index (χ4n) is 2.60. The third kappa shape index (κ3) is 3.54. The number of carbonyl (C=O) groups is 1. The third-order valence-corrected chi connectivity index (χ3v) is 4.37. The van der Waals surface area contributed by atoms with Crippen molar-refractivity contribution in [3.63, 3.8) is 0 Å². The minimum atomic E-state index is -0.224. The van der Waals surface area contributed by atoms with E-state index in [9.17, 15) is 4.79 Å². The van der Waals surface area contributed by atoms with E-state index in [0.29, 0.717) is 11.7 Å². The first kappa shape index (κ1) is 14.8. The quantitative estimate of drug-likeness (QED) is 0.831. The molecule has 1 aliphatic heterocycles. The monoisotopic (exact) mass is 317 g/mol. The number of fused-ring (bicyclic) bond motifs is 1. The molecule has 0 saturated carbocycles. The molecule has 7 heteroatoms. The predicted molar refractivity (Wildman–Crippen MR) is 88.6 cm³/mol. The number of carbonyl (C=O) groups excluding carboxylic acids is 1. The molecule has 22 heavy (non-hydrogen) atoms. The first-order valence-electron chi connectivity index (χ1n) is 7.40. The molecule has 0 bridgehead atoms. The number of aryl methyl sites for hydroxylation is 1. The normalized spacial score (nSPS) is 13.0. The van der Waals surface area contributed by atoms with Crippen LogP contribution in [0.5, 0.6) is 0 Å². The van der Waals surface area contributed by atoms with Gasteiger partial charge in [-0.2, -0.15) is 0 Å². The van der Waals surface area contributed by atoms with Crippen molar-refractivity contribution in [1.82, 2.24) is 15.5 Å². The SMILES string of the molecule is Cc1nnc(NC(=O)NCCCN2CCc3ccccc32)s1. The Morgan fingerprint density at radius 1 is 1.36 bits per heavy atom. The second kappa shape index (κ2) is 6.74. The van der Waals surface area contributed by atoms with Gasteiger partial charge >= 0.3 is 6.03 Å². The van der Waals surface area contributed by atoms with Gasteiger partial charge in [-0.25, -0.2) is 4.79 Å². The molecule has 1 aromatic carbocycles. The Bertz CT molecular complexity index is 657. The third-order valence-electron chi connectivity index (χ3n) is 3.62. The Labute approximate surface area is 133 Å². The van der Waals surface area contributed by atoms with E-state index < -0.39 is 0 Å². The van der Waals surface area contributed by atoms with Crippen molar-refractivity contribution in [1.29, 1.82) is 0 Å². The molecule has 2 N–H and O–H groups in total. The van der Waals surface area contributed by atoms with Gasteiger partial charge in [0.15, 0.2) is 0 Å². The number of aromatic nitrogens is 2. The molecule has 116 valence electrons. The maximum absolute atomic E-state index is 11.7. The van der Waals surface area contributed by atoms with Gasteiger partial charge in [-0.1, -0.05) is 29.5 Å². The van der Waals surface area contributed by atoms with Gasteiger partial charge in [0.25, 0.3) is 0 Å². The highest BCUT2D eigenvalue weighted by Gasteiger charge is 2.17. The number of hydrogen-bond acceptors (Lipinski definition) is 5. The lowest BCUT2D eigenvalue weighted by atomic mass is 10.2. The second-order valence-electron chi connectivity index (χ2n) is 5.23. The van der Waals surface area contributed by atoms with E-state index in [1.54, 1.807) is 0 Å². The minimum Gasteiger partial charge on any atom is -0.371 e. The van der Waals surface area contributed by atoms with Crippen LogP contribution in [0.3, 0.4) is 0 Å². The van der Waals surface area contributed by atoms with Crippen LogP contribution in [-0.4, -0.2) is 35.9 Å². The van der Waals surface area contributed by atoms with Crippen LogP contribution in [-0.2, 0) is 6.42 Å². The molecule has 0 saturated heterocycles. The van der Waals surface area contributed by atoms with Gasteiger partial charge in [0, 0.05) is 25.3 Å². The second-order valence-corrected chi connectivity index (χ2v) is 6.41. The largest absolute Gasteiger partial charge is 0.371 e. The van der Waals surface area contributed by atoms with E-state index in [1.807, 2.05) is 6.92 Å². The summed E-state index contributed by atoms with van der Waals surface area (Å²) in [6, 6.07) is 8.29. The molecule has 0 radical (unpaired) electrons. The maximum atomic E-state index is 11.7. The molecule has 0 aliphatic carbocycles. The van der Waals surface area contributed by atoms with E-state index in [2.05, 4.69) is 50.0 Å².